The second-order valence-electron chi connectivity index (χ2n) is 13.2. The standard InChI is InChI=1S/C34H34F2N8O5/c1-20(2)43-13-25(31(46)44(33(43)48)23-7-4-21(35)5-8-23)29(45)39-22-6-9-28(26(36)12-22)49-30-24-10-11-41(14-27(24)37-19-38-30)32(47)42-17-34(18-42)15-40(3)16-34/h4-9,12-13,19-20H,10-11,14-18H2,1-3H3,(H,39,45). The molecule has 4 aromatic rings. The number of urea groups is 1. The summed E-state index contributed by atoms with van der Waals surface area (Å²) in [5.41, 5.74) is -0.328. The van der Waals surface area contributed by atoms with Gasteiger partial charge >= 0.3 is 11.7 Å². The maximum Gasteiger partial charge on any atom is 0.335 e. The number of nitrogens with one attached hydrogen (secondary N) is 1. The van der Waals surface area contributed by atoms with Crippen molar-refractivity contribution in [2.24, 2.45) is 5.41 Å². The van der Waals surface area contributed by atoms with Gasteiger partial charge in [-0.1, -0.05) is 0 Å². The van der Waals surface area contributed by atoms with Crippen molar-refractivity contribution < 1.29 is 23.1 Å². The van der Waals surface area contributed by atoms with Gasteiger partial charge in [0.05, 0.1) is 17.9 Å². The van der Waals surface area contributed by atoms with Gasteiger partial charge in [-0.25, -0.2) is 32.9 Å². The first-order valence-corrected chi connectivity index (χ1v) is 15.9. The summed E-state index contributed by atoms with van der Waals surface area (Å²) in [5, 5.41) is 2.51. The lowest BCUT2D eigenvalue weighted by molar-refractivity contribution is -0.0881. The zero-order valence-corrected chi connectivity index (χ0v) is 27.2. The normalized spacial score (nSPS) is 16.6. The fourth-order valence-corrected chi connectivity index (χ4v) is 6.85. The van der Waals surface area contributed by atoms with E-state index in [1.54, 1.807) is 18.7 Å². The van der Waals surface area contributed by atoms with Crippen molar-refractivity contribution in [1.82, 2.24) is 33.8 Å². The molecule has 0 atom stereocenters. The summed E-state index contributed by atoms with van der Waals surface area (Å²) in [6.45, 7) is 7.67. The number of anilines is 1. The molecule has 3 aliphatic rings. The molecule has 3 aliphatic heterocycles. The summed E-state index contributed by atoms with van der Waals surface area (Å²) in [6.07, 6.45) is 2.90. The van der Waals surface area contributed by atoms with E-state index in [-0.39, 0.29) is 46.6 Å². The Balaban J connectivity index is 1.06. The van der Waals surface area contributed by atoms with Crippen LogP contribution in [0, 0.1) is 17.0 Å². The SMILES string of the molecule is CC(C)n1cc(C(=O)Nc2ccc(Oc3ncnc4c3CCN(C(=O)N3CC5(CN(C)C5)C3)C4)c(F)c2)c(=O)n(-c2ccc(F)cc2)c1=O. The smallest absolute Gasteiger partial charge is 0.335 e. The molecule has 0 radical (unpaired) electrons. The highest BCUT2D eigenvalue weighted by molar-refractivity contribution is 6.03. The monoisotopic (exact) mass is 672 g/mol. The molecule has 5 heterocycles. The van der Waals surface area contributed by atoms with E-state index in [1.807, 2.05) is 4.90 Å². The van der Waals surface area contributed by atoms with Crippen molar-refractivity contribution in [3.8, 4) is 17.3 Å². The second kappa shape index (κ2) is 12.2. The lowest BCUT2D eigenvalue weighted by Crippen LogP contribution is -2.73. The quantitative estimate of drug-likeness (QED) is 0.330. The summed E-state index contributed by atoms with van der Waals surface area (Å²) in [5.74, 6) is -2.21. The third-order valence-electron chi connectivity index (χ3n) is 9.17. The Morgan fingerprint density at radius 3 is 2.39 bits per heavy atom. The number of aromatic nitrogens is 4. The van der Waals surface area contributed by atoms with Crippen molar-refractivity contribution >= 4 is 17.6 Å². The van der Waals surface area contributed by atoms with E-state index >= 15 is 4.39 Å². The molecule has 13 nitrogen and oxygen atoms in total. The van der Waals surface area contributed by atoms with Crippen molar-refractivity contribution in [3.63, 3.8) is 0 Å². The maximum atomic E-state index is 15.3. The Morgan fingerprint density at radius 1 is 0.980 bits per heavy atom. The highest BCUT2D eigenvalue weighted by Gasteiger charge is 2.52. The Kier molecular flexibility index (Phi) is 8.01. The van der Waals surface area contributed by atoms with Crippen molar-refractivity contribution in [2.45, 2.75) is 32.9 Å². The highest BCUT2D eigenvalue weighted by Crippen LogP contribution is 2.39. The summed E-state index contributed by atoms with van der Waals surface area (Å²) in [6, 6.07) is 8.05. The lowest BCUT2D eigenvalue weighted by Gasteiger charge is -2.59. The van der Waals surface area contributed by atoms with E-state index in [9.17, 15) is 23.6 Å². The Morgan fingerprint density at radius 2 is 1.71 bits per heavy atom. The predicted molar refractivity (Wildman–Crippen MR) is 174 cm³/mol. The predicted octanol–water partition coefficient (Wildman–Crippen LogP) is 3.42. The lowest BCUT2D eigenvalue weighted by atomic mass is 9.73. The molecule has 2 saturated heterocycles. The number of hydrogen-bond acceptors (Lipinski definition) is 8. The van der Waals surface area contributed by atoms with Crippen LogP contribution < -0.4 is 21.3 Å². The third kappa shape index (κ3) is 5.94. The molecule has 2 aromatic carbocycles. The van der Waals surface area contributed by atoms with Gasteiger partial charge in [-0.05, 0) is 63.7 Å². The van der Waals surface area contributed by atoms with Gasteiger partial charge in [0.25, 0.3) is 11.5 Å². The van der Waals surface area contributed by atoms with Gasteiger partial charge in [-0.15, -0.1) is 0 Å². The van der Waals surface area contributed by atoms with Crippen molar-refractivity contribution in [1.29, 1.82) is 0 Å². The first-order chi connectivity index (χ1) is 23.4. The van der Waals surface area contributed by atoms with Gasteiger partial charge < -0.3 is 24.8 Å². The minimum absolute atomic E-state index is 0.0204. The first-order valence-electron chi connectivity index (χ1n) is 15.9. The van der Waals surface area contributed by atoms with Crippen LogP contribution in [0.5, 0.6) is 11.6 Å². The average molecular weight is 673 g/mol. The van der Waals surface area contributed by atoms with Crippen LogP contribution in [-0.4, -0.2) is 85.5 Å². The molecule has 15 heteroatoms. The molecule has 3 amide bonds. The van der Waals surface area contributed by atoms with Gasteiger partial charge in [0, 0.05) is 67.7 Å². The number of carbonyl (C=O) groups is 2. The topological polar surface area (TPSA) is 135 Å². The largest absolute Gasteiger partial charge is 0.436 e. The molecule has 0 aliphatic carbocycles. The highest BCUT2D eigenvalue weighted by atomic mass is 19.1. The average Bonchev–Trinajstić information content (AvgIpc) is 3.03. The first kappa shape index (κ1) is 32.1. The Bertz CT molecular complexity index is 2080. The van der Waals surface area contributed by atoms with Crippen molar-refractivity contribution in [3.05, 3.63) is 104 Å². The zero-order chi connectivity index (χ0) is 34.6. The number of likely N-dealkylation sites (tertiary alicyclic amines) is 2. The number of ether oxygens (including phenoxy) is 1. The molecule has 1 spiro atoms. The fraction of sp³-hybridized carbons (Fsp3) is 0.353. The van der Waals surface area contributed by atoms with Crippen LogP contribution in [0.2, 0.25) is 0 Å². The maximum absolute atomic E-state index is 15.3. The van der Waals surface area contributed by atoms with Gasteiger partial charge in [0.2, 0.25) is 5.88 Å². The molecular formula is C34H34F2N8O5. The molecule has 2 fully saturated rings. The van der Waals surface area contributed by atoms with Crippen molar-refractivity contribution in [2.75, 3.05) is 45.1 Å². The van der Waals surface area contributed by atoms with E-state index in [0.717, 1.165) is 55.1 Å². The molecule has 1 N–H and O–H groups in total. The van der Waals surface area contributed by atoms with E-state index in [1.165, 1.54) is 35.2 Å². The van der Waals surface area contributed by atoms with Crippen LogP contribution in [-0.2, 0) is 13.0 Å². The van der Waals surface area contributed by atoms with Crippen LogP contribution in [0.3, 0.4) is 0 Å². The molecule has 49 heavy (non-hydrogen) atoms. The number of rotatable bonds is 6. The van der Waals surface area contributed by atoms with Crippen LogP contribution in [0.15, 0.2) is 64.6 Å². The van der Waals surface area contributed by atoms with Crippen LogP contribution in [0.25, 0.3) is 5.69 Å². The molecular weight excluding hydrogens is 638 g/mol. The third-order valence-corrected chi connectivity index (χ3v) is 9.17. The number of amides is 3. The van der Waals surface area contributed by atoms with E-state index < -0.39 is 34.8 Å². The van der Waals surface area contributed by atoms with Gasteiger partial charge in [0.15, 0.2) is 11.6 Å². The number of nitrogens with zero attached hydrogens (tertiary/aromatic N) is 7. The fourth-order valence-electron chi connectivity index (χ4n) is 6.85. The Hall–Kier alpha value is -5.44. The molecule has 254 valence electrons. The number of hydrogen-bond donors (Lipinski definition) is 1. The summed E-state index contributed by atoms with van der Waals surface area (Å²) < 4.78 is 36.7. The minimum Gasteiger partial charge on any atom is -0.436 e. The number of carbonyl (C=O) groups excluding carboxylic acids is 2. The zero-order valence-electron chi connectivity index (χ0n) is 27.2. The molecule has 0 saturated carbocycles. The molecule has 0 unspecified atom stereocenters. The van der Waals surface area contributed by atoms with Crippen LogP contribution in [0.1, 0.15) is 41.5 Å². The summed E-state index contributed by atoms with van der Waals surface area (Å²) >= 11 is 0. The van der Waals surface area contributed by atoms with E-state index in [2.05, 4.69) is 27.2 Å². The Labute approximate surface area is 279 Å². The van der Waals surface area contributed by atoms with E-state index in [0.29, 0.717) is 24.2 Å². The second-order valence-corrected chi connectivity index (χ2v) is 13.2. The number of fused-ring (bicyclic) bond motifs is 1. The molecule has 2 aromatic heterocycles. The van der Waals surface area contributed by atoms with Gasteiger partial charge in [-0.3, -0.25) is 14.2 Å². The van der Waals surface area contributed by atoms with Crippen LogP contribution >= 0.6 is 0 Å². The summed E-state index contributed by atoms with van der Waals surface area (Å²) in [7, 11) is 2.07. The van der Waals surface area contributed by atoms with Crippen LogP contribution in [0.4, 0.5) is 19.3 Å². The van der Waals surface area contributed by atoms with Gasteiger partial charge in [0.1, 0.15) is 17.7 Å². The number of benzene rings is 2. The minimum atomic E-state index is -0.916. The number of halogens is 2. The molecule has 7 rings (SSSR count). The van der Waals surface area contributed by atoms with Gasteiger partial charge in [-0.2, -0.15) is 0 Å². The molecule has 0 bridgehead atoms. The van der Waals surface area contributed by atoms with E-state index in [4.69, 9.17) is 4.74 Å². The summed E-state index contributed by atoms with van der Waals surface area (Å²) in [4.78, 5) is 67.3.